The minimum absolute atomic E-state index is 0.109. The number of sulfonamides is 1. The van der Waals surface area contributed by atoms with Crippen LogP contribution in [0.1, 0.15) is 19.3 Å². The van der Waals surface area contributed by atoms with Crippen molar-refractivity contribution in [3.63, 3.8) is 0 Å². The van der Waals surface area contributed by atoms with Crippen molar-refractivity contribution in [2.24, 2.45) is 5.73 Å². The summed E-state index contributed by atoms with van der Waals surface area (Å²) in [5, 5.41) is 0. The lowest BCUT2D eigenvalue weighted by molar-refractivity contribution is 0.257. The summed E-state index contributed by atoms with van der Waals surface area (Å²) in [6, 6.07) is 4.77. The molecule has 1 fully saturated rings. The van der Waals surface area contributed by atoms with Gasteiger partial charge in [0.05, 0.1) is 12.0 Å². The Morgan fingerprint density at radius 3 is 2.80 bits per heavy atom. The Morgan fingerprint density at radius 2 is 2.20 bits per heavy atom. The zero-order chi connectivity index (χ0) is 14.8. The molecule has 2 N–H and O–H groups in total. The number of nitrogens with two attached hydrogens (primary N) is 1. The van der Waals surface area contributed by atoms with Crippen molar-refractivity contribution in [1.82, 2.24) is 4.31 Å². The van der Waals surface area contributed by atoms with E-state index in [2.05, 4.69) is 15.9 Å². The van der Waals surface area contributed by atoms with Crippen molar-refractivity contribution in [1.29, 1.82) is 0 Å². The van der Waals surface area contributed by atoms with Crippen LogP contribution in [0, 0.1) is 0 Å². The van der Waals surface area contributed by atoms with Crippen molar-refractivity contribution in [2.45, 2.75) is 30.2 Å². The highest BCUT2D eigenvalue weighted by molar-refractivity contribution is 9.10. The largest absolute Gasteiger partial charge is 0.497 e. The molecule has 0 amide bonds. The first-order chi connectivity index (χ1) is 9.50. The third kappa shape index (κ3) is 3.00. The minimum atomic E-state index is -3.53. The van der Waals surface area contributed by atoms with E-state index in [1.165, 1.54) is 4.31 Å². The van der Waals surface area contributed by atoms with Gasteiger partial charge in [-0.2, -0.15) is 4.31 Å². The Balaban J connectivity index is 2.38. The highest BCUT2D eigenvalue weighted by atomic mass is 79.9. The highest BCUT2D eigenvalue weighted by Crippen LogP contribution is 2.31. The summed E-state index contributed by atoms with van der Waals surface area (Å²) in [6.45, 7) is 0.885. The zero-order valence-corrected chi connectivity index (χ0v) is 13.8. The quantitative estimate of drug-likeness (QED) is 0.888. The molecule has 20 heavy (non-hydrogen) atoms. The number of hydrogen-bond acceptors (Lipinski definition) is 4. The summed E-state index contributed by atoms with van der Waals surface area (Å²) in [6.07, 6.45) is 2.73. The van der Waals surface area contributed by atoms with Gasteiger partial charge in [-0.3, -0.25) is 0 Å². The van der Waals surface area contributed by atoms with Crippen molar-refractivity contribution >= 4 is 26.0 Å². The van der Waals surface area contributed by atoms with Crippen LogP contribution in [0.15, 0.2) is 27.6 Å². The SMILES string of the molecule is COc1ccc(S(=O)(=O)N2CCCCC2CN)c(Br)c1. The van der Waals surface area contributed by atoms with E-state index < -0.39 is 10.0 Å². The van der Waals surface area contributed by atoms with Crippen molar-refractivity contribution in [3.05, 3.63) is 22.7 Å². The Bertz CT molecular complexity index is 577. The molecule has 0 aliphatic carbocycles. The molecule has 1 unspecified atom stereocenters. The normalized spacial score (nSPS) is 20.9. The molecule has 2 rings (SSSR count). The number of rotatable bonds is 4. The average molecular weight is 363 g/mol. The van der Waals surface area contributed by atoms with Gasteiger partial charge in [0.1, 0.15) is 5.75 Å². The van der Waals surface area contributed by atoms with Gasteiger partial charge in [0, 0.05) is 23.6 Å². The van der Waals surface area contributed by atoms with E-state index >= 15 is 0 Å². The maximum atomic E-state index is 12.8. The lowest BCUT2D eigenvalue weighted by atomic mass is 10.1. The molecule has 1 aliphatic heterocycles. The van der Waals surface area contributed by atoms with E-state index in [1.54, 1.807) is 25.3 Å². The van der Waals surface area contributed by atoms with Crippen molar-refractivity contribution in [2.75, 3.05) is 20.2 Å². The molecular weight excluding hydrogens is 344 g/mol. The lowest BCUT2D eigenvalue weighted by Crippen LogP contribution is -2.47. The predicted octanol–water partition coefficient (Wildman–Crippen LogP) is 1.96. The fourth-order valence-corrected chi connectivity index (χ4v) is 5.19. The number of methoxy groups -OCH3 is 1. The summed E-state index contributed by atoms with van der Waals surface area (Å²) in [4.78, 5) is 0.263. The van der Waals surface area contributed by atoms with Crippen LogP contribution in [0.3, 0.4) is 0 Å². The van der Waals surface area contributed by atoms with Crippen molar-refractivity contribution in [3.8, 4) is 5.75 Å². The molecule has 0 saturated carbocycles. The Labute approximate surface area is 128 Å². The molecule has 5 nitrogen and oxygen atoms in total. The molecule has 0 radical (unpaired) electrons. The van der Waals surface area contributed by atoms with Crippen LogP contribution in [0.25, 0.3) is 0 Å². The average Bonchev–Trinajstić information content (AvgIpc) is 2.46. The predicted molar refractivity (Wildman–Crippen MR) is 81.3 cm³/mol. The number of halogens is 1. The molecule has 1 aliphatic rings. The van der Waals surface area contributed by atoms with Gasteiger partial charge in [-0.25, -0.2) is 8.42 Å². The number of hydrogen-bond donors (Lipinski definition) is 1. The molecule has 7 heteroatoms. The Kier molecular flexibility index (Phi) is 5.06. The molecule has 1 saturated heterocycles. The summed E-state index contributed by atoms with van der Waals surface area (Å²) in [5.74, 6) is 0.616. The van der Waals surface area contributed by atoms with Crippen LogP contribution in [0.5, 0.6) is 5.75 Å². The number of benzene rings is 1. The first-order valence-electron chi connectivity index (χ1n) is 6.56. The van der Waals surface area contributed by atoms with Crippen LogP contribution in [0.4, 0.5) is 0 Å². The molecule has 1 aromatic carbocycles. The first kappa shape index (κ1) is 15.8. The van der Waals surface area contributed by atoms with E-state index in [4.69, 9.17) is 10.5 Å². The van der Waals surface area contributed by atoms with Crippen LogP contribution in [-0.2, 0) is 10.0 Å². The fraction of sp³-hybridized carbons (Fsp3) is 0.538. The van der Waals surface area contributed by atoms with Gasteiger partial charge in [-0.05, 0) is 47.0 Å². The second-order valence-corrected chi connectivity index (χ2v) is 7.51. The standard InChI is InChI=1S/C13H19BrN2O3S/c1-19-11-5-6-13(12(14)8-11)20(17,18)16-7-3-2-4-10(16)9-15/h5-6,8,10H,2-4,7,9,15H2,1H3. The molecule has 0 spiro atoms. The van der Waals surface area contributed by atoms with Crippen LogP contribution >= 0.6 is 15.9 Å². The highest BCUT2D eigenvalue weighted by Gasteiger charge is 2.33. The topological polar surface area (TPSA) is 72.6 Å². The second-order valence-electron chi connectivity index (χ2n) is 4.80. The van der Waals surface area contributed by atoms with Crippen molar-refractivity contribution < 1.29 is 13.2 Å². The molecule has 1 heterocycles. The molecule has 0 aromatic heterocycles. The molecule has 1 atom stereocenters. The molecule has 112 valence electrons. The number of nitrogens with zero attached hydrogens (tertiary/aromatic N) is 1. The van der Waals surface area contributed by atoms with Gasteiger partial charge in [0.25, 0.3) is 0 Å². The maximum absolute atomic E-state index is 12.8. The van der Waals surface area contributed by atoms with Crippen LogP contribution in [-0.4, -0.2) is 39.0 Å². The number of ether oxygens (including phenoxy) is 1. The van der Waals surface area contributed by atoms with Gasteiger partial charge < -0.3 is 10.5 Å². The minimum Gasteiger partial charge on any atom is -0.497 e. The number of piperidine rings is 1. The van der Waals surface area contributed by atoms with E-state index in [0.717, 1.165) is 19.3 Å². The molecule has 1 aromatic rings. The van der Waals surface area contributed by atoms with Crippen LogP contribution in [0.2, 0.25) is 0 Å². The smallest absolute Gasteiger partial charge is 0.244 e. The molecule has 0 bridgehead atoms. The van der Waals surface area contributed by atoms with Crippen LogP contribution < -0.4 is 10.5 Å². The second kappa shape index (κ2) is 6.43. The Morgan fingerprint density at radius 1 is 1.45 bits per heavy atom. The third-order valence-electron chi connectivity index (χ3n) is 3.57. The first-order valence-corrected chi connectivity index (χ1v) is 8.79. The third-order valence-corrected chi connectivity index (χ3v) is 6.50. The fourth-order valence-electron chi connectivity index (χ4n) is 2.47. The van der Waals surface area contributed by atoms with Gasteiger partial charge in [-0.15, -0.1) is 0 Å². The van der Waals surface area contributed by atoms with Gasteiger partial charge in [0.15, 0.2) is 0 Å². The van der Waals surface area contributed by atoms with E-state index in [9.17, 15) is 8.42 Å². The van der Waals surface area contributed by atoms with E-state index in [1.807, 2.05) is 0 Å². The monoisotopic (exact) mass is 362 g/mol. The molecular formula is C13H19BrN2O3S. The maximum Gasteiger partial charge on any atom is 0.244 e. The van der Waals surface area contributed by atoms with Gasteiger partial charge in [0.2, 0.25) is 10.0 Å². The van der Waals surface area contributed by atoms with E-state index in [-0.39, 0.29) is 10.9 Å². The lowest BCUT2D eigenvalue weighted by Gasteiger charge is -2.34. The summed E-state index contributed by atoms with van der Waals surface area (Å²) in [5.41, 5.74) is 5.71. The summed E-state index contributed by atoms with van der Waals surface area (Å²) >= 11 is 3.32. The van der Waals surface area contributed by atoms with Gasteiger partial charge in [-0.1, -0.05) is 6.42 Å². The van der Waals surface area contributed by atoms with Gasteiger partial charge >= 0.3 is 0 Å². The van der Waals surface area contributed by atoms with E-state index in [0.29, 0.717) is 23.3 Å². The summed E-state index contributed by atoms with van der Waals surface area (Å²) < 4.78 is 32.7. The zero-order valence-electron chi connectivity index (χ0n) is 11.4. The Hall–Kier alpha value is -0.630. The summed E-state index contributed by atoms with van der Waals surface area (Å²) in [7, 11) is -1.98.